The second-order valence-corrected chi connectivity index (χ2v) is 6.31. The van der Waals surface area contributed by atoms with Crippen LogP contribution in [0.15, 0.2) is 18.2 Å². The fourth-order valence-electron chi connectivity index (χ4n) is 2.10. The molecule has 98 valence electrons. The third kappa shape index (κ3) is 2.59. The van der Waals surface area contributed by atoms with Gasteiger partial charge in [-0.05, 0) is 31.2 Å². The van der Waals surface area contributed by atoms with Crippen molar-refractivity contribution in [3.05, 3.63) is 28.8 Å². The number of carbonyl (C=O) groups excluding carboxylic acids is 1. The van der Waals surface area contributed by atoms with Gasteiger partial charge in [0.05, 0.1) is 16.3 Å². The number of para-hydroxylation sites is 1. The molecule has 1 aromatic carbocycles. The smallest absolute Gasteiger partial charge is 0.253 e. The number of nitrogens with two attached hydrogens (primary N) is 1. The average Bonchev–Trinajstić information content (AvgIpc) is 2.31. The summed E-state index contributed by atoms with van der Waals surface area (Å²) in [6.45, 7) is 0.693. The number of hydrogen-bond acceptors (Lipinski definition) is 3. The molecule has 3 N–H and O–H groups in total. The molecule has 0 radical (unpaired) electrons. The van der Waals surface area contributed by atoms with E-state index in [2.05, 4.69) is 11.6 Å². The van der Waals surface area contributed by atoms with Crippen LogP contribution in [0.3, 0.4) is 0 Å². The lowest BCUT2D eigenvalue weighted by Crippen LogP contribution is -2.45. The third-order valence-electron chi connectivity index (χ3n) is 3.57. The fraction of sp³-hybridized carbons (Fsp3) is 0.462. The maximum Gasteiger partial charge on any atom is 0.253 e. The lowest BCUT2D eigenvalue weighted by atomic mass is 9.84. The first kappa shape index (κ1) is 13.6. The van der Waals surface area contributed by atoms with Gasteiger partial charge in [-0.15, -0.1) is 0 Å². The van der Waals surface area contributed by atoms with Crippen LogP contribution in [0.5, 0.6) is 0 Å². The van der Waals surface area contributed by atoms with Crippen LogP contribution in [-0.4, -0.2) is 23.5 Å². The highest BCUT2D eigenvalue weighted by Gasteiger charge is 2.36. The van der Waals surface area contributed by atoms with E-state index in [4.69, 9.17) is 17.3 Å². The molecule has 0 spiro atoms. The van der Waals surface area contributed by atoms with Gasteiger partial charge >= 0.3 is 0 Å². The van der Waals surface area contributed by atoms with E-state index in [9.17, 15) is 4.79 Å². The largest absolute Gasteiger partial charge is 0.397 e. The van der Waals surface area contributed by atoms with Crippen LogP contribution in [0.1, 0.15) is 29.6 Å². The SMILES string of the molecule is CSC1(CNC(=O)c2cccc(Cl)c2N)CCC1. The predicted molar refractivity (Wildman–Crippen MR) is 78.3 cm³/mol. The molecular formula is C13H17ClN2OS. The zero-order valence-corrected chi connectivity index (χ0v) is 11.9. The number of halogens is 1. The maximum absolute atomic E-state index is 12.1. The summed E-state index contributed by atoms with van der Waals surface area (Å²) in [5.41, 5.74) is 6.61. The Kier molecular flexibility index (Phi) is 4.07. The van der Waals surface area contributed by atoms with Crippen molar-refractivity contribution in [2.75, 3.05) is 18.5 Å². The Hall–Kier alpha value is -0.870. The summed E-state index contributed by atoms with van der Waals surface area (Å²) in [4.78, 5) is 12.1. The molecule has 0 saturated heterocycles. The van der Waals surface area contributed by atoms with E-state index in [0.717, 1.165) is 0 Å². The number of nitrogens with one attached hydrogen (secondary N) is 1. The number of carbonyl (C=O) groups is 1. The van der Waals surface area contributed by atoms with Gasteiger partial charge in [0.25, 0.3) is 5.91 Å². The highest BCUT2D eigenvalue weighted by molar-refractivity contribution is 8.00. The second kappa shape index (κ2) is 5.41. The summed E-state index contributed by atoms with van der Waals surface area (Å²) in [6, 6.07) is 5.12. The van der Waals surface area contributed by atoms with E-state index in [1.54, 1.807) is 18.2 Å². The minimum atomic E-state index is -0.143. The van der Waals surface area contributed by atoms with Gasteiger partial charge in [0.2, 0.25) is 0 Å². The molecule has 1 aliphatic rings. The first-order valence-electron chi connectivity index (χ1n) is 5.95. The Bertz CT molecular complexity index is 455. The minimum absolute atomic E-state index is 0.143. The van der Waals surface area contributed by atoms with Crippen molar-refractivity contribution >= 4 is 35.0 Å². The Morgan fingerprint density at radius 1 is 1.56 bits per heavy atom. The van der Waals surface area contributed by atoms with Gasteiger partial charge in [-0.2, -0.15) is 11.8 Å². The van der Waals surface area contributed by atoms with Crippen LogP contribution in [0.4, 0.5) is 5.69 Å². The summed E-state index contributed by atoms with van der Waals surface area (Å²) in [5, 5.41) is 3.38. The normalized spacial score (nSPS) is 17.0. The van der Waals surface area contributed by atoms with Crippen molar-refractivity contribution in [1.29, 1.82) is 0 Å². The highest BCUT2D eigenvalue weighted by atomic mass is 35.5. The zero-order chi connectivity index (χ0) is 13.2. The van der Waals surface area contributed by atoms with Crippen LogP contribution in [-0.2, 0) is 0 Å². The van der Waals surface area contributed by atoms with E-state index in [0.29, 0.717) is 22.8 Å². The number of rotatable bonds is 4. The lowest BCUT2D eigenvalue weighted by Gasteiger charge is -2.40. The molecule has 0 unspecified atom stereocenters. The van der Waals surface area contributed by atoms with Crippen LogP contribution in [0, 0.1) is 0 Å². The molecule has 1 aliphatic carbocycles. The van der Waals surface area contributed by atoms with Crippen LogP contribution >= 0.6 is 23.4 Å². The van der Waals surface area contributed by atoms with E-state index >= 15 is 0 Å². The fourth-order valence-corrected chi connectivity index (χ4v) is 3.18. The van der Waals surface area contributed by atoms with Crippen LogP contribution in [0.2, 0.25) is 5.02 Å². The highest BCUT2D eigenvalue weighted by Crippen LogP contribution is 2.42. The van der Waals surface area contributed by atoms with E-state index in [1.165, 1.54) is 19.3 Å². The van der Waals surface area contributed by atoms with Gasteiger partial charge in [-0.25, -0.2) is 0 Å². The number of nitrogen functional groups attached to an aromatic ring is 1. The topological polar surface area (TPSA) is 55.1 Å². The summed E-state index contributed by atoms with van der Waals surface area (Å²) >= 11 is 7.74. The van der Waals surface area contributed by atoms with Crippen molar-refractivity contribution in [3.8, 4) is 0 Å². The molecule has 1 amide bonds. The number of benzene rings is 1. The number of amides is 1. The number of hydrogen-bond donors (Lipinski definition) is 2. The van der Waals surface area contributed by atoms with Crippen LogP contribution in [0.25, 0.3) is 0 Å². The summed E-state index contributed by atoms with van der Waals surface area (Å²) in [6.07, 6.45) is 5.67. The van der Waals surface area contributed by atoms with Crippen molar-refractivity contribution in [1.82, 2.24) is 5.32 Å². The van der Waals surface area contributed by atoms with Gasteiger partial charge in [0, 0.05) is 11.3 Å². The monoisotopic (exact) mass is 284 g/mol. The lowest BCUT2D eigenvalue weighted by molar-refractivity contribution is 0.0945. The third-order valence-corrected chi connectivity index (χ3v) is 5.31. The van der Waals surface area contributed by atoms with Crippen molar-refractivity contribution in [3.63, 3.8) is 0 Å². The molecule has 0 heterocycles. The second-order valence-electron chi connectivity index (χ2n) is 4.62. The van der Waals surface area contributed by atoms with E-state index in [-0.39, 0.29) is 10.7 Å². The molecule has 0 bridgehead atoms. The van der Waals surface area contributed by atoms with E-state index in [1.807, 2.05) is 11.8 Å². The van der Waals surface area contributed by atoms with Crippen molar-refractivity contribution in [2.24, 2.45) is 0 Å². The summed E-state index contributed by atoms with van der Waals surface area (Å²) < 4.78 is 0.225. The molecule has 3 nitrogen and oxygen atoms in total. The first-order chi connectivity index (χ1) is 8.58. The quantitative estimate of drug-likeness (QED) is 0.836. The number of thioether (sulfide) groups is 1. The van der Waals surface area contributed by atoms with Crippen molar-refractivity contribution < 1.29 is 4.79 Å². The van der Waals surface area contributed by atoms with Crippen LogP contribution < -0.4 is 11.1 Å². The van der Waals surface area contributed by atoms with Gasteiger partial charge in [-0.3, -0.25) is 4.79 Å². The minimum Gasteiger partial charge on any atom is -0.397 e. The van der Waals surface area contributed by atoms with Gasteiger partial charge in [0.1, 0.15) is 0 Å². The number of anilines is 1. The molecule has 2 rings (SSSR count). The molecular weight excluding hydrogens is 268 g/mol. The van der Waals surface area contributed by atoms with Gasteiger partial charge in [0.15, 0.2) is 0 Å². The molecule has 5 heteroatoms. The standard InChI is InChI=1S/C13H17ClN2OS/c1-18-13(6-3-7-13)8-16-12(17)9-4-2-5-10(14)11(9)15/h2,4-5H,3,6-8,15H2,1H3,(H,16,17). The average molecular weight is 285 g/mol. The Balaban J connectivity index is 2.02. The van der Waals surface area contributed by atoms with Gasteiger partial charge in [-0.1, -0.05) is 24.1 Å². The molecule has 18 heavy (non-hydrogen) atoms. The molecule has 1 fully saturated rings. The molecule has 0 aromatic heterocycles. The summed E-state index contributed by atoms with van der Waals surface area (Å²) in [5.74, 6) is -0.143. The first-order valence-corrected chi connectivity index (χ1v) is 7.56. The molecule has 0 aliphatic heterocycles. The maximum atomic E-state index is 12.1. The Morgan fingerprint density at radius 3 is 2.83 bits per heavy atom. The van der Waals surface area contributed by atoms with E-state index < -0.39 is 0 Å². The predicted octanol–water partition coefficient (Wildman–Crippen LogP) is 2.94. The Morgan fingerprint density at radius 2 is 2.28 bits per heavy atom. The molecule has 0 atom stereocenters. The Labute approximate surface area is 116 Å². The zero-order valence-electron chi connectivity index (χ0n) is 10.3. The molecule has 1 aromatic rings. The van der Waals surface area contributed by atoms with Crippen molar-refractivity contribution in [2.45, 2.75) is 24.0 Å². The van der Waals surface area contributed by atoms with Gasteiger partial charge < -0.3 is 11.1 Å². The summed E-state index contributed by atoms with van der Waals surface area (Å²) in [7, 11) is 0. The molecule has 1 saturated carbocycles.